The Morgan fingerprint density at radius 3 is 2.67 bits per heavy atom. The topological polar surface area (TPSA) is 73.3 Å². The fourth-order valence-electron chi connectivity index (χ4n) is 1.46. The molecule has 5 heteroatoms. The van der Waals surface area contributed by atoms with E-state index in [9.17, 15) is 14.9 Å². The highest BCUT2D eigenvalue weighted by Gasteiger charge is 2.20. The molecule has 0 atom stereocenters. The minimum absolute atomic E-state index is 0.0312. The second kappa shape index (κ2) is 3.20. The van der Waals surface area contributed by atoms with E-state index in [0.29, 0.717) is 5.58 Å². The van der Waals surface area contributed by atoms with Crippen molar-refractivity contribution in [1.29, 1.82) is 0 Å². The van der Waals surface area contributed by atoms with Gasteiger partial charge in [0.25, 0.3) is 5.43 Å². The third-order valence-corrected chi connectivity index (χ3v) is 2.13. The number of hydrogen-bond acceptors (Lipinski definition) is 4. The molecule has 0 fully saturated rings. The summed E-state index contributed by atoms with van der Waals surface area (Å²) < 4.78 is 5.19. The first-order chi connectivity index (χ1) is 7.11. The third kappa shape index (κ3) is 1.38. The highest BCUT2D eigenvalue weighted by Crippen LogP contribution is 2.19. The van der Waals surface area contributed by atoms with Crippen LogP contribution in [0.25, 0.3) is 11.0 Å². The van der Waals surface area contributed by atoms with Crippen LogP contribution in [0.5, 0.6) is 0 Å². The van der Waals surface area contributed by atoms with Crippen LogP contribution < -0.4 is 5.43 Å². The van der Waals surface area contributed by atoms with Crippen LogP contribution in [-0.2, 0) is 0 Å². The first-order valence-electron chi connectivity index (χ1n) is 4.28. The average Bonchev–Trinajstić information content (AvgIpc) is 2.17. The van der Waals surface area contributed by atoms with Crippen molar-refractivity contribution in [2.45, 2.75) is 6.92 Å². The predicted molar refractivity (Wildman–Crippen MR) is 53.9 cm³/mol. The van der Waals surface area contributed by atoms with Crippen LogP contribution in [0.2, 0.25) is 0 Å². The Balaban J connectivity index is 2.97. The van der Waals surface area contributed by atoms with Crippen molar-refractivity contribution in [3.8, 4) is 0 Å². The fourth-order valence-corrected chi connectivity index (χ4v) is 1.46. The maximum Gasteiger partial charge on any atom is 0.354 e. The van der Waals surface area contributed by atoms with Crippen molar-refractivity contribution in [2.75, 3.05) is 0 Å². The number of rotatable bonds is 1. The first-order valence-corrected chi connectivity index (χ1v) is 4.28. The molecule has 0 aliphatic heterocycles. The second-order valence-electron chi connectivity index (χ2n) is 3.09. The molecule has 0 aliphatic rings. The van der Waals surface area contributed by atoms with E-state index in [1.165, 1.54) is 13.0 Å². The van der Waals surface area contributed by atoms with E-state index in [2.05, 4.69) is 0 Å². The number of nitro groups is 1. The van der Waals surface area contributed by atoms with E-state index in [4.69, 9.17) is 4.42 Å². The molecule has 0 aliphatic carbocycles. The Morgan fingerprint density at radius 1 is 1.33 bits per heavy atom. The van der Waals surface area contributed by atoms with Crippen LogP contribution in [0.1, 0.15) is 5.76 Å². The van der Waals surface area contributed by atoms with Crippen molar-refractivity contribution >= 4 is 16.7 Å². The standard InChI is InChI=1S/C10H7NO4/c1-6-9(11(13)14)10(12)7-4-2-3-5-8(7)15-6/h2-5H,1H3. The molecule has 2 rings (SSSR count). The van der Waals surface area contributed by atoms with E-state index in [1.807, 2.05) is 0 Å². The summed E-state index contributed by atoms with van der Waals surface area (Å²) >= 11 is 0. The summed E-state index contributed by atoms with van der Waals surface area (Å²) in [6, 6.07) is 6.45. The predicted octanol–water partition coefficient (Wildman–Crippen LogP) is 2.01. The van der Waals surface area contributed by atoms with Crippen molar-refractivity contribution in [2.24, 2.45) is 0 Å². The first kappa shape index (κ1) is 9.39. The van der Waals surface area contributed by atoms with Gasteiger partial charge < -0.3 is 4.42 Å². The van der Waals surface area contributed by atoms with Gasteiger partial charge in [-0.2, -0.15) is 0 Å². The number of aryl methyl sites for hydroxylation is 1. The van der Waals surface area contributed by atoms with Crippen LogP contribution >= 0.6 is 0 Å². The van der Waals surface area contributed by atoms with Crippen molar-refractivity contribution in [1.82, 2.24) is 0 Å². The third-order valence-electron chi connectivity index (χ3n) is 2.13. The number of nitrogens with zero attached hydrogens (tertiary/aromatic N) is 1. The van der Waals surface area contributed by atoms with E-state index in [-0.39, 0.29) is 11.1 Å². The Morgan fingerprint density at radius 2 is 2.00 bits per heavy atom. The molecule has 2 aromatic rings. The Labute approximate surface area is 84.1 Å². The molecule has 1 aromatic heterocycles. The van der Waals surface area contributed by atoms with Crippen LogP contribution in [0.4, 0.5) is 5.69 Å². The molecule has 76 valence electrons. The van der Waals surface area contributed by atoms with Gasteiger partial charge in [0.2, 0.25) is 0 Å². The lowest BCUT2D eigenvalue weighted by atomic mass is 10.2. The van der Waals surface area contributed by atoms with Gasteiger partial charge in [0.1, 0.15) is 5.58 Å². The molecular formula is C10H7NO4. The molecular weight excluding hydrogens is 198 g/mol. The van der Waals surface area contributed by atoms with Crippen molar-refractivity contribution in [3.63, 3.8) is 0 Å². The van der Waals surface area contributed by atoms with E-state index in [0.717, 1.165) is 0 Å². The molecule has 1 heterocycles. The van der Waals surface area contributed by atoms with Gasteiger partial charge in [-0.1, -0.05) is 12.1 Å². The molecule has 0 bridgehead atoms. The molecule has 5 nitrogen and oxygen atoms in total. The summed E-state index contributed by atoms with van der Waals surface area (Å²) in [6.45, 7) is 1.41. The number of fused-ring (bicyclic) bond motifs is 1. The highest BCUT2D eigenvalue weighted by molar-refractivity contribution is 5.78. The summed E-state index contributed by atoms with van der Waals surface area (Å²) in [5.74, 6) is 0.0312. The average molecular weight is 205 g/mol. The van der Waals surface area contributed by atoms with Gasteiger partial charge in [0.05, 0.1) is 10.3 Å². The zero-order valence-corrected chi connectivity index (χ0v) is 7.89. The molecule has 0 unspecified atom stereocenters. The largest absolute Gasteiger partial charge is 0.454 e. The summed E-state index contributed by atoms with van der Waals surface area (Å²) in [6.07, 6.45) is 0. The Bertz CT molecular complexity index is 600. The van der Waals surface area contributed by atoms with Crippen LogP contribution in [0.3, 0.4) is 0 Å². The molecule has 0 radical (unpaired) electrons. The highest BCUT2D eigenvalue weighted by atomic mass is 16.6. The molecule has 0 amide bonds. The quantitative estimate of drug-likeness (QED) is 0.527. The van der Waals surface area contributed by atoms with Gasteiger partial charge in [-0.3, -0.25) is 14.9 Å². The maximum atomic E-state index is 11.7. The van der Waals surface area contributed by atoms with Crippen molar-refractivity contribution < 1.29 is 9.34 Å². The minimum atomic E-state index is -0.715. The molecule has 0 saturated carbocycles. The summed E-state index contributed by atoms with van der Waals surface area (Å²) in [5, 5.41) is 10.9. The molecule has 15 heavy (non-hydrogen) atoms. The van der Waals surface area contributed by atoms with Gasteiger partial charge in [0, 0.05) is 6.92 Å². The lowest BCUT2D eigenvalue weighted by molar-refractivity contribution is -0.387. The van der Waals surface area contributed by atoms with Crippen LogP contribution in [-0.4, -0.2) is 4.92 Å². The Hall–Kier alpha value is -2.17. The lowest BCUT2D eigenvalue weighted by Gasteiger charge is -1.99. The number of para-hydroxylation sites is 1. The van der Waals surface area contributed by atoms with Crippen LogP contribution in [0.15, 0.2) is 33.5 Å². The summed E-state index contributed by atoms with van der Waals surface area (Å²) in [4.78, 5) is 21.6. The summed E-state index contributed by atoms with van der Waals surface area (Å²) in [7, 11) is 0. The SMILES string of the molecule is Cc1oc2ccccc2c(=O)c1[N+](=O)[O-]. The molecule has 0 saturated heterocycles. The van der Waals surface area contributed by atoms with E-state index >= 15 is 0 Å². The van der Waals surface area contributed by atoms with Gasteiger partial charge in [0.15, 0.2) is 5.76 Å². The zero-order valence-electron chi connectivity index (χ0n) is 7.89. The smallest absolute Gasteiger partial charge is 0.354 e. The van der Waals surface area contributed by atoms with E-state index < -0.39 is 16.0 Å². The number of hydrogen-bond donors (Lipinski definition) is 0. The van der Waals surface area contributed by atoms with Crippen molar-refractivity contribution in [3.05, 3.63) is 50.4 Å². The number of benzene rings is 1. The van der Waals surface area contributed by atoms with Gasteiger partial charge in [-0.25, -0.2) is 0 Å². The zero-order chi connectivity index (χ0) is 11.0. The van der Waals surface area contributed by atoms with Gasteiger partial charge >= 0.3 is 5.69 Å². The normalized spacial score (nSPS) is 10.5. The molecule has 0 N–H and O–H groups in total. The monoisotopic (exact) mass is 205 g/mol. The second-order valence-corrected chi connectivity index (χ2v) is 3.09. The fraction of sp³-hybridized carbons (Fsp3) is 0.100. The maximum absolute atomic E-state index is 11.7. The summed E-state index contributed by atoms with van der Waals surface area (Å²) in [5.41, 5.74) is -0.723. The van der Waals surface area contributed by atoms with E-state index in [1.54, 1.807) is 18.2 Å². The van der Waals surface area contributed by atoms with Gasteiger partial charge in [-0.15, -0.1) is 0 Å². The molecule has 0 spiro atoms. The molecule has 1 aromatic carbocycles. The van der Waals surface area contributed by atoms with Gasteiger partial charge in [-0.05, 0) is 12.1 Å². The lowest BCUT2D eigenvalue weighted by Crippen LogP contribution is -2.09. The Kier molecular flexibility index (Phi) is 2.00. The van der Waals surface area contributed by atoms with Crippen LogP contribution in [0, 0.1) is 17.0 Å². The minimum Gasteiger partial charge on any atom is -0.454 e.